The fraction of sp³-hybridized carbons (Fsp3) is 0.318. The van der Waals surface area contributed by atoms with Crippen molar-refractivity contribution < 1.29 is 5.11 Å². The number of aryl methyl sites for hydroxylation is 1. The number of pyridine rings is 1. The normalized spacial score (nSPS) is 12.1. The molecule has 0 bridgehead atoms. The minimum absolute atomic E-state index is 0.00417. The fourth-order valence-corrected chi connectivity index (χ4v) is 3.04. The first kappa shape index (κ1) is 19.8. The van der Waals surface area contributed by atoms with Gasteiger partial charge in [0.25, 0.3) is 0 Å². The summed E-state index contributed by atoms with van der Waals surface area (Å²) in [6, 6.07) is 13.8. The number of anilines is 3. The molecule has 0 aliphatic heterocycles. The number of nitrogens with one attached hydrogen (secondary N) is 2. The molecule has 0 spiro atoms. The Kier molecular flexibility index (Phi) is 6.21. The van der Waals surface area contributed by atoms with Crippen LogP contribution in [0.25, 0.3) is 11.4 Å². The number of nitrogens with zero attached hydrogens (tertiary/aromatic N) is 3. The van der Waals surface area contributed by atoms with Crippen LogP contribution in [0, 0.1) is 6.92 Å². The molecule has 0 aliphatic carbocycles. The molecule has 0 saturated carbocycles. The highest BCUT2D eigenvalue weighted by Crippen LogP contribution is 2.26. The van der Waals surface area contributed by atoms with Crippen molar-refractivity contribution in [3.8, 4) is 11.4 Å². The molecule has 0 fully saturated rings. The van der Waals surface area contributed by atoms with Crippen molar-refractivity contribution in [2.24, 2.45) is 0 Å². The van der Waals surface area contributed by atoms with E-state index in [1.807, 2.05) is 31.2 Å². The van der Waals surface area contributed by atoms with E-state index in [-0.39, 0.29) is 12.6 Å². The van der Waals surface area contributed by atoms with E-state index in [4.69, 9.17) is 0 Å². The number of benzene rings is 1. The molecule has 28 heavy (non-hydrogen) atoms. The lowest BCUT2D eigenvalue weighted by molar-refractivity contribution is 0.281. The van der Waals surface area contributed by atoms with Gasteiger partial charge in [-0.05, 0) is 55.2 Å². The van der Waals surface area contributed by atoms with E-state index in [0.29, 0.717) is 23.4 Å². The number of aliphatic hydroxyl groups excluding tert-OH is 1. The SMILES string of the molecule is Cc1cc(Nc2cc(-c3ccccn3)nc(N[C@@H](C)CO)n2)ccc1C(C)C. The van der Waals surface area contributed by atoms with E-state index in [1.165, 1.54) is 11.1 Å². The lowest BCUT2D eigenvalue weighted by Crippen LogP contribution is -2.21. The van der Waals surface area contributed by atoms with Gasteiger partial charge in [0.2, 0.25) is 5.95 Å². The Labute approximate surface area is 166 Å². The molecule has 0 saturated heterocycles. The Hall–Kier alpha value is -2.99. The quantitative estimate of drug-likeness (QED) is 0.562. The topological polar surface area (TPSA) is 83.0 Å². The van der Waals surface area contributed by atoms with Crippen molar-refractivity contribution in [1.82, 2.24) is 15.0 Å². The van der Waals surface area contributed by atoms with Crippen LogP contribution in [-0.4, -0.2) is 32.7 Å². The summed E-state index contributed by atoms with van der Waals surface area (Å²) in [4.78, 5) is 13.5. The molecule has 3 aromatic rings. The Morgan fingerprint density at radius 1 is 1.00 bits per heavy atom. The lowest BCUT2D eigenvalue weighted by atomic mass is 9.98. The highest BCUT2D eigenvalue weighted by Gasteiger charge is 2.11. The summed E-state index contributed by atoms with van der Waals surface area (Å²) >= 11 is 0. The van der Waals surface area contributed by atoms with Crippen LogP contribution >= 0.6 is 0 Å². The predicted octanol–water partition coefficient (Wildman–Crippen LogP) is 4.51. The molecule has 1 atom stereocenters. The van der Waals surface area contributed by atoms with Gasteiger partial charge in [0.1, 0.15) is 5.82 Å². The summed E-state index contributed by atoms with van der Waals surface area (Å²) in [6.07, 6.45) is 1.74. The molecule has 3 N–H and O–H groups in total. The zero-order chi connectivity index (χ0) is 20.1. The van der Waals surface area contributed by atoms with Crippen LogP contribution in [0.4, 0.5) is 17.5 Å². The summed E-state index contributed by atoms with van der Waals surface area (Å²) in [6.45, 7) is 8.38. The zero-order valence-electron chi connectivity index (χ0n) is 16.8. The fourth-order valence-electron chi connectivity index (χ4n) is 3.04. The van der Waals surface area contributed by atoms with Crippen molar-refractivity contribution in [2.75, 3.05) is 17.2 Å². The molecule has 1 aromatic carbocycles. The van der Waals surface area contributed by atoms with E-state index in [0.717, 1.165) is 11.4 Å². The van der Waals surface area contributed by atoms with Gasteiger partial charge in [-0.2, -0.15) is 4.98 Å². The Bertz CT molecular complexity index is 927. The Morgan fingerprint density at radius 2 is 1.82 bits per heavy atom. The molecule has 0 amide bonds. The highest BCUT2D eigenvalue weighted by molar-refractivity contribution is 5.66. The Morgan fingerprint density at radius 3 is 2.46 bits per heavy atom. The van der Waals surface area contributed by atoms with E-state index in [1.54, 1.807) is 6.20 Å². The maximum absolute atomic E-state index is 9.34. The summed E-state index contributed by atoms with van der Waals surface area (Å²) < 4.78 is 0. The van der Waals surface area contributed by atoms with Crippen molar-refractivity contribution >= 4 is 17.5 Å². The van der Waals surface area contributed by atoms with Crippen molar-refractivity contribution in [1.29, 1.82) is 0 Å². The van der Waals surface area contributed by atoms with Gasteiger partial charge in [-0.25, -0.2) is 4.98 Å². The van der Waals surface area contributed by atoms with Crippen molar-refractivity contribution in [2.45, 2.75) is 39.7 Å². The van der Waals surface area contributed by atoms with Crippen LogP contribution in [0.1, 0.15) is 37.8 Å². The van der Waals surface area contributed by atoms with Crippen LogP contribution in [-0.2, 0) is 0 Å². The molecule has 0 aliphatic rings. The summed E-state index contributed by atoms with van der Waals surface area (Å²) in [5, 5.41) is 15.8. The van der Waals surface area contributed by atoms with Gasteiger partial charge in [-0.1, -0.05) is 26.0 Å². The van der Waals surface area contributed by atoms with E-state index in [9.17, 15) is 5.11 Å². The zero-order valence-corrected chi connectivity index (χ0v) is 16.8. The molecular weight excluding hydrogens is 350 g/mol. The first-order chi connectivity index (χ1) is 13.5. The smallest absolute Gasteiger partial charge is 0.225 e. The third-order valence-electron chi connectivity index (χ3n) is 4.47. The average molecular weight is 377 g/mol. The monoisotopic (exact) mass is 377 g/mol. The van der Waals surface area contributed by atoms with Gasteiger partial charge < -0.3 is 15.7 Å². The molecule has 6 nitrogen and oxygen atoms in total. The van der Waals surface area contributed by atoms with Gasteiger partial charge in [0.05, 0.1) is 18.0 Å². The van der Waals surface area contributed by atoms with Crippen molar-refractivity contribution in [3.05, 3.63) is 59.8 Å². The molecule has 146 valence electrons. The maximum atomic E-state index is 9.34. The number of aromatic nitrogens is 3. The Balaban J connectivity index is 1.95. The number of hydrogen-bond acceptors (Lipinski definition) is 6. The molecule has 6 heteroatoms. The number of rotatable bonds is 7. The van der Waals surface area contributed by atoms with Crippen LogP contribution in [0.15, 0.2) is 48.7 Å². The standard InChI is InChI=1S/C22H27N5O/c1-14(2)18-9-8-17(11-15(18)3)25-21-12-20(19-7-5-6-10-23-19)26-22(27-21)24-16(4)13-28/h5-12,14,16,28H,13H2,1-4H3,(H2,24,25,26,27)/t16-/m0/s1. The summed E-state index contributed by atoms with van der Waals surface area (Å²) in [7, 11) is 0. The van der Waals surface area contributed by atoms with Crippen LogP contribution in [0.2, 0.25) is 0 Å². The maximum Gasteiger partial charge on any atom is 0.225 e. The van der Waals surface area contributed by atoms with Gasteiger partial charge in [0.15, 0.2) is 0 Å². The second-order valence-electron chi connectivity index (χ2n) is 7.26. The summed E-state index contributed by atoms with van der Waals surface area (Å²) in [5.41, 5.74) is 5.02. The minimum Gasteiger partial charge on any atom is -0.394 e. The molecule has 2 heterocycles. The van der Waals surface area contributed by atoms with Gasteiger partial charge in [-0.3, -0.25) is 4.98 Å². The largest absolute Gasteiger partial charge is 0.394 e. The van der Waals surface area contributed by atoms with Crippen LogP contribution in [0.3, 0.4) is 0 Å². The highest BCUT2D eigenvalue weighted by atomic mass is 16.3. The van der Waals surface area contributed by atoms with E-state index >= 15 is 0 Å². The lowest BCUT2D eigenvalue weighted by Gasteiger charge is -2.15. The molecule has 0 radical (unpaired) electrons. The number of hydrogen-bond donors (Lipinski definition) is 3. The predicted molar refractivity (Wildman–Crippen MR) is 114 cm³/mol. The van der Waals surface area contributed by atoms with Crippen molar-refractivity contribution in [3.63, 3.8) is 0 Å². The second-order valence-corrected chi connectivity index (χ2v) is 7.26. The minimum atomic E-state index is -0.153. The van der Waals surface area contributed by atoms with Gasteiger partial charge in [0, 0.05) is 24.0 Å². The third kappa shape index (κ3) is 4.84. The molecule has 0 unspecified atom stereocenters. The van der Waals surface area contributed by atoms with E-state index < -0.39 is 0 Å². The first-order valence-electron chi connectivity index (χ1n) is 9.51. The first-order valence-corrected chi connectivity index (χ1v) is 9.51. The molecule has 3 rings (SSSR count). The van der Waals surface area contributed by atoms with Crippen LogP contribution in [0.5, 0.6) is 0 Å². The van der Waals surface area contributed by atoms with E-state index in [2.05, 4.69) is 64.6 Å². The summed E-state index contributed by atoms with van der Waals surface area (Å²) in [5.74, 6) is 1.60. The third-order valence-corrected chi connectivity index (χ3v) is 4.47. The molecule has 2 aromatic heterocycles. The number of aliphatic hydroxyl groups is 1. The second kappa shape index (κ2) is 8.80. The molecular formula is C22H27N5O. The average Bonchev–Trinajstić information content (AvgIpc) is 2.68. The van der Waals surface area contributed by atoms with Crippen LogP contribution < -0.4 is 10.6 Å². The van der Waals surface area contributed by atoms with Gasteiger partial charge in [-0.15, -0.1) is 0 Å². The van der Waals surface area contributed by atoms with Gasteiger partial charge >= 0.3 is 0 Å².